The molecule has 7 nitrogen and oxygen atoms in total. The van der Waals surface area contributed by atoms with Crippen LogP contribution in [0.5, 0.6) is 0 Å². The van der Waals surface area contributed by atoms with Crippen molar-refractivity contribution in [3.05, 3.63) is 41.3 Å². The molecule has 3 heterocycles. The lowest BCUT2D eigenvalue weighted by Crippen LogP contribution is -2.41. The zero-order valence-corrected chi connectivity index (χ0v) is 15.0. The maximum absolute atomic E-state index is 12.7. The van der Waals surface area contributed by atoms with Crippen LogP contribution in [0.4, 0.5) is 11.5 Å². The van der Waals surface area contributed by atoms with E-state index in [0.29, 0.717) is 23.0 Å². The molecule has 4 rings (SSSR count). The first-order valence-corrected chi connectivity index (χ1v) is 8.88. The van der Waals surface area contributed by atoms with E-state index in [4.69, 9.17) is 16.1 Å². The first kappa shape index (κ1) is 16.8. The van der Waals surface area contributed by atoms with E-state index in [9.17, 15) is 4.79 Å². The number of benzene rings is 1. The van der Waals surface area contributed by atoms with E-state index in [1.807, 2.05) is 19.1 Å². The van der Waals surface area contributed by atoms with Gasteiger partial charge >= 0.3 is 0 Å². The normalized spacial score (nSPS) is 17.5. The van der Waals surface area contributed by atoms with E-state index in [0.717, 1.165) is 36.3 Å². The number of para-hydroxylation sites is 1. The van der Waals surface area contributed by atoms with Crippen molar-refractivity contribution >= 4 is 40.1 Å². The van der Waals surface area contributed by atoms with Gasteiger partial charge in [0.25, 0.3) is 5.71 Å². The van der Waals surface area contributed by atoms with E-state index in [1.165, 1.54) is 6.33 Å². The summed E-state index contributed by atoms with van der Waals surface area (Å²) in [6.45, 7) is 3.27. The number of aromatic nitrogens is 3. The number of hydrogen-bond acceptors (Lipinski definition) is 6. The van der Waals surface area contributed by atoms with Gasteiger partial charge < -0.3 is 14.7 Å². The first-order chi connectivity index (χ1) is 12.6. The quantitative estimate of drug-likeness (QED) is 0.759. The Bertz CT molecular complexity index is 958. The molecule has 1 aliphatic heterocycles. The number of carbonyl (C=O) groups excluding carboxylic acids is 1. The van der Waals surface area contributed by atoms with E-state index >= 15 is 0 Å². The van der Waals surface area contributed by atoms with Gasteiger partial charge in [-0.15, -0.1) is 0 Å². The third kappa shape index (κ3) is 3.10. The summed E-state index contributed by atoms with van der Waals surface area (Å²) in [5.41, 5.74) is 1.85. The van der Waals surface area contributed by atoms with Crippen LogP contribution in [0.15, 0.2) is 35.1 Å². The van der Waals surface area contributed by atoms with Gasteiger partial charge in [0.1, 0.15) is 17.5 Å². The Kier molecular flexibility index (Phi) is 4.46. The van der Waals surface area contributed by atoms with Crippen LogP contribution in [0.1, 0.15) is 18.5 Å². The molecule has 3 aromatic rings. The van der Waals surface area contributed by atoms with Gasteiger partial charge in [-0.3, -0.25) is 4.79 Å². The molecule has 0 bridgehead atoms. The Hall–Kier alpha value is -2.67. The predicted octanol–water partition coefficient (Wildman–Crippen LogP) is 3.43. The maximum atomic E-state index is 12.7. The maximum Gasteiger partial charge on any atom is 0.263 e. The van der Waals surface area contributed by atoms with Gasteiger partial charge in [-0.25, -0.2) is 4.98 Å². The Labute approximate surface area is 155 Å². The molecule has 134 valence electrons. The van der Waals surface area contributed by atoms with Crippen LogP contribution in [0.3, 0.4) is 0 Å². The van der Waals surface area contributed by atoms with Crippen LogP contribution in [-0.2, 0) is 4.79 Å². The van der Waals surface area contributed by atoms with Crippen molar-refractivity contribution in [3.8, 4) is 0 Å². The molecule has 1 saturated heterocycles. The Balaban J connectivity index is 1.55. The van der Waals surface area contributed by atoms with Crippen LogP contribution >= 0.6 is 11.6 Å². The fraction of sp³-hybridized carbons (Fsp3) is 0.333. The summed E-state index contributed by atoms with van der Waals surface area (Å²) in [4.78, 5) is 23.4. The van der Waals surface area contributed by atoms with Crippen molar-refractivity contribution in [1.82, 2.24) is 15.1 Å². The Morgan fingerprint density at radius 2 is 2.19 bits per heavy atom. The number of carbonyl (C=O) groups is 1. The number of hydrogen-bond donors (Lipinski definition) is 1. The molecule has 1 fully saturated rings. The molecule has 2 aromatic heterocycles. The average molecular weight is 372 g/mol. The second-order valence-corrected chi connectivity index (χ2v) is 6.81. The molecule has 1 aromatic carbocycles. The monoisotopic (exact) mass is 371 g/mol. The van der Waals surface area contributed by atoms with E-state index in [1.54, 1.807) is 12.1 Å². The number of nitrogens with one attached hydrogen (secondary N) is 1. The molecule has 1 aliphatic rings. The number of aryl methyl sites for hydroxylation is 1. The van der Waals surface area contributed by atoms with Crippen LogP contribution in [0.2, 0.25) is 5.02 Å². The third-order valence-electron chi connectivity index (χ3n) is 4.65. The van der Waals surface area contributed by atoms with Gasteiger partial charge in [0.05, 0.1) is 22.3 Å². The summed E-state index contributed by atoms with van der Waals surface area (Å²) in [6.07, 6.45) is 3.19. The second-order valence-electron chi connectivity index (χ2n) is 6.40. The summed E-state index contributed by atoms with van der Waals surface area (Å²) in [5, 5.41) is 8.25. The van der Waals surface area contributed by atoms with Gasteiger partial charge in [-0.05, 0) is 31.9 Å². The number of anilines is 2. The molecule has 1 atom stereocenters. The van der Waals surface area contributed by atoms with Crippen molar-refractivity contribution in [2.75, 3.05) is 23.3 Å². The van der Waals surface area contributed by atoms with Gasteiger partial charge in [0.15, 0.2) is 0 Å². The molecular formula is C18H18ClN5O2. The Morgan fingerprint density at radius 1 is 1.35 bits per heavy atom. The fourth-order valence-corrected chi connectivity index (χ4v) is 3.51. The van der Waals surface area contributed by atoms with Crippen LogP contribution in [0, 0.1) is 12.8 Å². The van der Waals surface area contributed by atoms with Gasteiger partial charge in [-0.1, -0.05) is 28.9 Å². The summed E-state index contributed by atoms with van der Waals surface area (Å²) >= 11 is 6.14. The molecular weight excluding hydrogens is 354 g/mol. The van der Waals surface area contributed by atoms with Crippen molar-refractivity contribution in [3.63, 3.8) is 0 Å². The largest absolute Gasteiger partial charge is 0.355 e. The van der Waals surface area contributed by atoms with Gasteiger partial charge in [0.2, 0.25) is 5.91 Å². The van der Waals surface area contributed by atoms with E-state index in [-0.39, 0.29) is 11.8 Å². The van der Waals surface area contributed by atoms with Crippen molar-refractivity contribution in [2.24, 2.45) is 5.92 Å². The van der Waals surface area contributed by atoms with E-state index in [2.05, 4.69) is 25.3 Å². The number of amides is 1. The highest BCUT2D eigenvalue weighted by atomic mass is 35.5. The van der Waals surface area contributed by atoms with Crippen molar-refractivity contribution < 1.29 is 9.32 Å². The minimum absolute atomic E-state index is 0.0323. The van der Waals surface area contributed by atoms with Gasteiger partial charge in [0, 0.05) is 13.1 Å². The number of halogens is 1. The predicted molar refractivity (Wildman–Crippen MR) is 99.4 cm³/mol. The van der Waals surface area contributed by atoms with E-state index < -0.39 is 0 Å². The number of fused-ring (bicyclic) bond motifs is 1. The number of rotatable bonds is 3. The average Bonchev–Trinajstić information content (AvgIpc) is 3.05. The molecule has 26 heavy (non-hydrogen) atoms. The minimum Gasteiger partial charge on any atom is -0.355 e. The lowest BCUT2D eigenvalue weighted by molar-refractivity contribution is -0.120. The zero-order chi connectivity index (χ0) is 18.1. The molecule has 1 N–H and O–H groups in total. The summed E-state index contributed by atoms with van der Waals surface area (Å²) in [5.74, 6) is 0.587. The molecule has 8 heteroatoms. The summed E-state index contributed by atoms with van der Waals surface area (Å²) in [6, 6.07) is 7.24. The summed E-state index contributed by atoms with van der Waals surface area (Å²) in [7, 11) is 0. The first-order valence-electron chi connectivity index (χ1n) is 8.51. The number of nitrogens with zero attached hydrogens (tertiary/aromatic N) is 4. The summed E-state index contributed by atoms with van der Waals surface area (Å²) < 4.78 is 5.22. The molecule has 0 spiro atoms. The minimum atomic E-state index is -0.148. The molecule has 1 amide bonds. The lowest BCUT2D eigenvalue weighted by atomic mass is 9.96. The van der Waals surface area contributed by atoms with Crippen molar-refractivity contribution in [2.45, 2.75) is 19.8 Å². The van der Waals surface area contributed by atoms with Crippen LogP contribution in [0.25, 0.3) is 11.1 Å². The number of piperidine rings is 1. The highest BCUT2D eigenvalue weighted by Gasteiger charge is 2.28. The van der Waals surface area contributed by atoms with Crippen LogP contribution < -0.4 is 10.2 Å². The molecule has 0 aliphatic carbocycles. The van der Waals surface area contributed by atoms with Gasteiger partial charge in [-0.2, -0.15) is 4.98 Å². The highest BCUT2D eigenvalue weighted by Crippen LogP contribution is 2.30. The van der Waals surface area contributed by atoms with Crippen LogP contribution in [-0.4, -0.2) is 34.1 Å². The Morgan fingerprint density at radius 3 is 3.04 bits per heavy atom. The fourth-order valence-electron chi connectivity index (χ4n) is 3.32. The zero-order valence-electron chi connectivity index (χ0n) is 14.3. The lowest BCUT2D eigenvalue weighted by Gasteiger charge is -2.33. The third-order valence-corrected chi connectivity index (χ3v) is 4.98. The second kappa shape index (κ2) is 6.92. The topological polar surface area (TPSA) is 84.2 Å². The molecule has 1 unspecified atom stereocenters. The smallest absolute Gasteiger partial charge is 0.263 e. The molecule has 0 saturated carbocycles. The van der Waals surface area contributed by atoms with Crippen molar-refractivity contribution in [1.29, 1.82) is 0 Å². The SMILES string of the molecule is Cc1noc2ncnc(N3CCCC(C(=O)Nc4ccccc4Cl)C3)c12. The molecule has 0 radical (unpaired) electrons. The highest BCUT2D eigenvalue weighted by molar-refractivity contribution is 6.33. The standard InChI is InChI=1S/C18H18ClN5O2/c1-11-15-16(20-10-21-18(15)26-23-11)24-8-4-5-12(9-24)17(25)22-14-7-3-2-6-13(14)19/h2-3,6-7,10,12H,4-5,8-9H2,1H3,(H,22,25).